The number of amides is 1. The van der Waals surface area contributed by atoms with Gasteiger partial charge in [-0.15, -0.1) is 0 Å². The molecule has 0 atom stereocenters. The zero-order chi connectivity index (χ0) is 28.7. The number of hydrogen-bond acceptors (Lipinski definition) is 7. The average Bonchev–Trinajstić information content (AvgIpc) is 3.70. The maximum atomic E-state index is 13.1. The quantitative estimate of drug-likeness (QED) is 0.333. The van der Waals surface area contributed by atoms with E-state index in [9.17, 15) is 23.1 Å². The molecule has 10 nitrogen and oxygen atoms in total. The number of piperidine rings is 1. The Kier molecular flexibility index (Phi) is 7.62. The summed E-state index contributed by atoms with van der Waals surface area (Å²) in [4.78, 5) is 29.9. The van der Waals surface area contributed by atoms with Crippen molar-refractivity contribution in [2.24, 2.45) is 5.41 Å². The van der Waals surface area contributed by atoms with E-state index >= 15 is 0 Å². The number of carbonyl (C=O) groups excluding carboxylic acids is 1. The van der Waals surface area contributed by atoms with Crippen LogP contribution >= 0.6 is 0 Å². The maximum Gasteiger partial charge on any atom is 0.309 e. The molecular formula is C29H36N4O6S. The minimum atomic E-state index is -3.75. The Morgan fingerprint density at radius 1 is 1.20 bits per heavy atom. The van der Waals surface area contributed by atoms with Crippen LogP contribution in [0, 0.1) is 12.3 Å². The number of aryl methyl sites for hydroxylation is 1. The van der Waals surface area contributed by atoms with E-state index in [1.165, 1.54) is 4.31 Å². The normalized spacial score (nSPS) is 17.1. The van der Waals surface area contributed by atoms with E-state index in [0.717, 1.165) is 35.8 Å². The molecule has 2 fully saturated rings. The van der Waals surface area contributed by atoms with Gasteiger partial charge in [0.05, 0.1) is 22.6 Å². The van der Waals surface area contributed by atoms with Gasteiger partial charge in [-0.3, -0.25) is 13.9 Å². The lowest BCUT2D eigenvalue weighted by Crippen LogP contribution is -2.43. The number of pyridine rings is 1. The fraction of sp³-hybridized carbons (Fsp3) is 0.483. The molecule has 3 N–H and O–H groups in total. The van der Waals surface area contributed by atoms with Crippen LogP contribution in [0.2, 0.25) is 0 Å². The number of sulfonamides is 1. The van der Waals surface area contributed by atoms with Crippen LogP contribution in [-0.2, 0) is 14.8 Å². The summed E-state index contributed by atoms with van der Waals surface area (Å²) in [5.74, 6) is -0.354. The highest BCUT2D eigenvalue weighted by Crippen LogP contribution is 2.47. The Bertz CT molecular complexity index is 1540. The van der Waals surface area contributed by atoms with Gasteiger partial charge in [-0.1, -0.05) is 29.8 Å². The Labute approximate surface area is 234 Å². The van der Waals surface area contributed by atoms with Gasteiger partial charge in [0.25, 0.3) is 5.91 Å². The summed E-state index contributed by atoms with van der Waals surface area (Å²) in [6.45, 7) is 3.33. The van der Waals surface area contributed by atoms with Crippen molar-refractivity contribution in [1.29, 1.82) is 0 Å². The standard InChI is InChI=1S/C29H36N4O6S/c1-18-5-7-20(8-6-18)24-23(26(34)30-2)22-17-21(19-9-10-19)25(32-27(22)39-24)33(40(3,37)38)16-4-11-29(28(35)36)12-14-31-15-13-29/h5-8,17,19,31H,4,9-16H2,1-3H3,(H,30,34)(H,35,36). The lowest BCUT2D eigenvalue weighted by atomic mass is 9.75. The van der Waals surface area contributed by atoms with E-state index in [0.29, 0.717) is 61.3 Å². The Morgan fingerprint density at radius 2 is 1.88 bits per heavy atom. The number of nitrogens with one attached hydrogen (secondary N) is 2. The second-order valence-electron chi connectivity index (χ2n) is 11.1. The number of hydrogen-bond donors (Lipinski definition) is 3. The molecule has 1 saturated carbocycles. The van der Waals surface area contributed by atoms with Gasteiger partial charge in [0.2, 0.25) is 15.7 Å². The average molecular weight is 569 g/mol. The number of fused-ring (bicyclic) bond motifs is 1. The zero-order valence-corrected chi connectivity index (χ0v) is 23.9. The molecule has 0 unspecified atom stereocenters. The monoisotopic (exact) mass is 568 g/mol. The van der Waals surface area contributed by atoms with Crippen molar-refractivity contribution in [2.45, 2.75) is 51.4 Å². The predicted molar refractivity (Wildman–Crippen MR) is 153 cm³/mol. The van der Waals surface area contributed by atoms with Crippen molar-refractivity contribution >= 4 is 38.8 Å². The lowest BCUT2D eigenvalue weighted by Gasteiger charge is -2.34. The Balaban J connectivity index is 1.57. The molecular weight excluding hydrogens is 532 g/mol. The third kappa shape index (κ3) is 5.44. The number of carboxylic acids is 1. The summed E-state index contributed by atoms with van der Waals surface area (Å²) in [5, 5.41) is 16.4. The van der Waals surface area contributed by atoms with Crippen molar-refractivity contribution in [1.82, 2.24) is 15.6 Å². The number of rotatable bonds is 10. The van der Waals surface area contributed by atoms with Gasteiger partial charge in [-0.05, 0) is 76.1 Å². The number of carboxylic acid groups (broad SMARTS) is 1. The van der Waals surface area contributed by atoms with Crippen LogP contribution < -0.4 is 14.9 Å². The van der Waals surface area contributed by atoms with Crippen LogP contribution in [0.15, 0.2) is 34.7 Å². The van der Waals surface area contributed by atoms with Crippen LogP contribution in [0.25, 0.3) is 22.4 Å². The second-order valence-corrected chi connectivity index (χ2v) is 13.0. The van der Waals surface area contributed by atoms with Crippen molar-refractivity contribution in [2.75, 3.05) is 37.2 Å². The molecule has 40 heavy (non-hydrogen) atoms. The van der Waals surface area contributed by atoms with E-state index in [1.54, 1.807) is 7.05 Å². The molecule has 1 amide bonds. The van der Waals surface area contributed by atoms with Crippen molar-refractivity contribution in [3.8, 4) is 11.3 Å². The fourth-order valence-corrected chi connectivity index (χ4v) is 6.57. The highest BCUT2D eigenvalue weighted by molar-refractivity contribution is 7.92. The molecule has 1 saturated heterocycles. The molecule has 214 valence electrons. The molecule has 3 aromatic rings. The molecule has 2 aromatic heterocycles. The molecule has 0 bridgehead atoms. The second kappa shape index (κ2) is 10.9. The topological polar surface area (TPSA) is 142 Å². The molecule has 5 rings (SSSR count). The molecule has 0 spiro atoms. The first-order chi connectivity index (χ1) is 19.0. The number of aromatic nitrogens is 1. The largest absolute Gasteiger partial charge is 0.481 e. The first kappa shape index (κ1) is 28.1. The number of aliphatic carboxylic acids is 1. The van der Waals surface area contributed by atoms with Crippen LogP contribution in [0.5, 0.6) is 0 Å². The zero-order valence-electron chi connectivity index (χ0n) is 23.1. The Morgan fingerprint density at radius 3 is 2.45 bits per heavy atom. The molecule has 1 aromatic carbocycles. The Hall–Kier alpha value is -3.44. The van der Waals surface area contributed by atoms with Crippen LogP contribution in [0.3, 0.4) is 0 Å². The minimum Gasteiger partial charge on any atom is -0.481 e. The maximum absolute atomic E-state index is 13.1. The molecule has 11 heteroatoms. The SMILES string of the molecule is CNC(=O)c1c(-c2ccc(C)cc2)oc2nc(N(CCCC3(C(=O)O)CCNCC3)S(C)(=O)=O)c(C3CC3)cc12. The number of anilines is 1. The number of nitrogens with zero attached hydrogens (tertiary/aromatic N) is 2. The fourth-order valence-electron chi connectivity index (χ4n) is 5.65. The van der Waals surface area contributed by atoms with Gasteiger partial charge in [0, 0.05) is 19.2 Å². The first-order valence-electron chi connectivity index (χ1n) is 13.7. The molecule has 1 aliphatic heterocycles. The summed E-state index contributed by atoms with van der Waals surface area (Å²) in [7, 11) is -2.19. The third-order valence-corrected chi connectivity index (χ3v) is 9.30. The first-order valence-corrected chi connectivity index (χ1v) is 15.6. The summed E-state index contributed by atoms with van der Waals surface area (Å²) in [6, 6.07) is 9.48. The predicted octanol–water partition coefficient (Wildman–Crippen LogP) is 4.04. The van der Waals surface area contributed by atoms with Gasteiger partial charge in [0.1, 0.15) is 11.6 Å². The number of carbonyl (C=O) groups is 2. The lowest BCUT2D eigenvalue weighted by molar-refractivity contribution is -0.151. The van der Waals surface area contributed by atoms with Gasteiger partial charge < -0.3 is 20.2 Å². The summed E-state index contributed by atoms with van der Waals surface area (Å²) >= 11 is 0. The van der Waals surface area contributed by atoms with E-state index in [2.05, 4.69) is 10.6 Å². The number of benzene rings is 1. The van der Waals surface area contributed by atoms with Crippen molar-refractivity contribution in [3.63, 3.8) is 0 Å². The number of furan rings is 1. The van der Waals surface area contributed by atoms with E-state index < -0.39 is 21.4 Å². The minimum absolute atomic E-state index is 0.105. The van der Waals surface area contributed by atoms with E-state index in [-0.39, 0.29) is 24.1 Å². The molecule has 3 heterocycles. The van der Waals surface area contributed by atoms with Crippen molar-refractivity contribution in [3.05, 3.63) is 47.0 Å². The third-order valence-electron chi connectivity index (χ3n) is 8.14. The highest BCUT2D eigenvalue weighted by Gasteiger charge is 2.40. The summed E-state index contributed by atoms with van der Waals surface area (Å²) in [5.41, 5.74) is 2.23. The summed E-state index contributed by atoms with van der Waals surface area (Å²) in [6.07, 6.45) is 4.69. The van der Waals surface area contributed by atoms with Gasteiger partial charge in [-0.25, -0.2) is 8.42 Å². The summed E-state index contributed by atoms with van der Waals surface area (Å²) < 4.78 is 33.7. The van der Waals surface area contributed by atoms with Gasteiger partial charge >= 0.3 is 5.97 Å². The van der Waals surface area contributed by atoms with Gasteiger partial charge in [0.15, 0.2) is 0 Å². The van der Waals surface area contributed by atoms with E-state index in [1.807, 2.05) is 37.3 Å². The molecule has 0 radical (unpaired) electrons. The van der Waals surface area contributed by atoms with Crippen LogP contribution in [0.1, 0.15) is 65.9 Å². The smallest absolute Gasteiger partial charge is 0.309 e. The highest BCUT2D eigenvalue weighted by atomic mass is 32.2. The van der Waals surface area contributed by atoms with Gasteiger partial charge in [-0.2, -0.15) is 4.98 Å². The van der Waals surface area contributed by atoms with E-state index in [4.69, 9.17) is 9.40 Å². The van der Waals surface area contributed by atoms with Crippen LogP contribution in [0.4, 0.5) is 5.82 Å². The molecule has 2 aliphatic rings. The molecule has 1 aliphatic carbocycles. The van der Waals surface area contributed by atoms with Crippen LogP contribution in [-0.4, -0.2) is 63.3 Å². The van der Waals surface area contributed by atoms with Crippen molar-refractivity contribution < 1.29 is 27.5 Å².